The van der Waals surface area contributed by atoms with Crippen molar-refractivity contribution in [2.45, 2.75) is 24.9 Å². The van der Waals surface area contributed by atoms with Gasteiger partial charge in [-0.3, -0.25) is 9.89 Å². The molecule has 2 bridgehead atoms. The van der Waals surface area contributed by atoms with E-state index in [1.807, 2.05) is 4.90 Å². The molecule has 0 unspecified atom stereocenters. The maximum Gasteiger partial charge on any atom is 0.273 e. The molecular formula is C11H15N5O. The average molecular weight is 233 g/mol. The van der Waals surface area contributed by atoms with E-state index in [4.69, 9.17) is 0 Å². The molecule has 0 saturated carbocycles. The third-order valence-electron chi connectivity index (χ3n) is 4.60. The van der Waals surface area contributed by atoms with Crippen LogP contribution < -0.4 is 5.32 Å². The Bertz CT molecular complexity index is 427. The minimum atomic E-state index is 0.0452. The van der Waals surface area contributed by atoms with E-state index in [9.17, 15) is 4.79 Å². The molecule has 3 fully saturated rings. The fourth-order valence-electron chi connectivity index (χ4n) is 3.82. The number of carbonyl (C=O) groups excluding carboxylic acids is 1. The SMILES string of the molecule is O=C(c1cnn[nH]1)N1C[C@@H]2[C@H](C1)[C@H]1CC[C@@H]2N1. The van der Waals surface area contributed by atoms with Crippen molar-refractivity contribution in [2.24, 2.45) is 11.8 Å². The fourth-order valence-corrected chi connectivity index (χ4v) is 3.82. The van der Waals surface area contributed by atoms with Crippen LogP contribution >= 0.6 is 0 Å². The summed E-state index contributed by atoms with van der Waals surface area (Å²) >= 11 is 0. The van der Waals surface area contributed by atoms with E-state index in [-0.39, 0.29) is 5.91 Å². The van der Waals surface area contributed by atoms with E-state index in [1.54, 1.807) is 0 Å². The molecule has 6 nitrogen and oxygen atoms in total. The molecule has 1 aromatic rings. The largest absolute Gasteiger partial charge is 0.337 e. The van der Waals surface area contributed by atoms with Crippen LogP contribution in [0.2, 0.25) is 0 Å². The summed E-state index contributed by atoms with van der Waals surface area (Å²) in [6, 6.07) is 1.28. The van der Waals surface area contributed by atoms with Crippen LogP contribution in [-0.2, 0) is 0 Å². The lowest BCUT2D eigenvalue weighted by Gasteiger charge is -2.19. The van der Waals surface area contributed by atoms with Crippen molar-refractivity contribution in [3.8, 4) is 0 Å². The smallest absolute Gasteiger partial charge is 0.273 e. The molecule has 4 atom stereocenters. The topological polar surface area (TPSA) is 73.9 Å². The maximum absolute atomic E-state index is 12.2. The van der Waals surface area contributed by atoms with Crippen molar-refractivity contribution in [3.05, 3.63) is 11.9 Å². The Morgan fingerprint density at radius 3 is 2.59 bits per heavy atom. The van der Waals surface area contributed by atoms with Gasteiger partial charge in [-0.15, -0.1) is 5.10 Å². The van der Waals surface area contributed by atoms with Crippen LogP contribution in [0.15, 0.2) is 6.20 Å². The maximum atomic E-state index is 12.2. The highest BCUT2D eigenvalue weighted by Gasteiger charge is 2.52. The number of rotatable bonds is 1. The third kappa shape index (κ3) is 1.27. The molecular weight excluding hydrogens is 218 g/mol. The van der Waals surface area contributed by atoms with Gasteiger partial charge in [0, 0.05) is 25.2 Å². The molecule has 1 aromatic heterocycles. The number of aromatic amines is 1. The number of aromatic nitrogens is 3. The Kier molecular flexibility index (Phi) is 1.85. The number of carbonyl (C=O) groups is 1. The quantitative estimate of drug-likeness (QED) is 0.694. The number of nitrogens with one attached hydrogen (secondary N) is 2. The first-order valence-electron chi connectivity index (χ1n) is 6.24. The van der Waals surface area contributed by atoms with Crippen LogP contribution in [0.4, 0.5) is 0 Å². The molecule has 3 aliphatic rings. The Balaban J connectivity index is 1.54. The van der Waals surface area contributed by atoms with E-state index in [2.05, 4.69) is 20.7 Å². The number of H-pyrrole nitrogens is 1. The lowest BCUT2D eigenvalue weighted by atomic mass is 9.82. The lowest BCUT2D eigenvalue weighted by Crippen LogP contribution is -2.35. The first kappa shape index (κ1) is 9.58. The molecule has 17 heavy (non-hydrogen) atoms. The van der Waals surface area contributed by atoms with Gasteiger partial charge in [-0.05, 0) is 24.7 Å². The minimum Gasteiger partial charge on any atom is -0.337 e. The normalized spacial score (nSPS) is 38.7. The van der Waals surface area contributed by atoms with Gasteiger partial charge < -0.3 is 10.2 Å². The zero-order chi connectivity index (χ0) is 11.4. The molecule has 3 saturated heterocycles. The van der Waals surface area contributed by atoms with Gasteiger partial charge in [0.2, 0.25) is 0 Å². The Morgan fingerprint density at radius 2 is 2.00 bits per heavy atom. The van der Waals surface area contributed by atoms with Crippen LogP contribution in [0.3, 0.4) is 0 Å². The van der Waals surface area contributed by atoms with Crippen LogP contribution in [-0.4, -0.2) is 51.4 Å². The molecule has 4 heterocycles. The van der Waals surface area contributed by atoms with Crippen LogP contribution in [0, 0.1) is 11.8 Å². The highest BCUT2D eigenvalue weighted by molar-refractivity contribution is 5.92. The van der Waals surface area contributed by atoms with E-state index in [1.165, 1.54) is 19.0 Å². The molecule has 0 spiro atoms. The van der Waals surface area contributed by atoms with Gasteiger partial charge in [0.1, 0.15) is 5.69 Å². The summed E-state index contributed by atoms with van der Waals surface area (Å²) in [5.41, 5.74) is 0.505. The summed E-state index contributed by atoms with van der Waals surface area (Å²) in [6.45, 7) is 1.77. The summed E-state index contributed by atoms with van der Waals surface area (Å²) in [6.07, 6.45) is 4.06. The Hall–Kier alpha value is -1.43. The standard InChI is InChI=1S/C11H15N5O/c17-11(10-3-12-15-14-10)16-4-6-7(5-16)9-2-1-8(6)13-9/h3,6-9,13H,1-2,4-5H2,(H,12,14,15)/t6-,7+,8+,9-. The summed E-state index contributed by atoms with van der Waals surface area (Å²) < 4.78 is 0. The molecule has 0 aliphatic carbocycles. The van der Waals surface area contributed by atoms with Gasteiger partial charge in [-0.25, -0.2) is 0 Å². The predicted octanol–water partition coefficient (Wildman–Crippen LogP) is -0.373. The van der Waals surface area contributed by atoms with E-state index >= 15 is 0 Å². The zero-order valence-electron chi connectivity index (χ0n) is 9.47. The number of hydrogen-bond acceptors (Lipinski definition) is 4. The van der Waals surface area contributed by atoms with Crippen molar-refractivity contribution in [2.75, 3.05) is 13.1 Å². The van der Waals surface area contributed by atoms with Crippen LogP contribution in [0.1, 0.15) is 23.3 Å². The number of hydrogen-bond donors (Lipinski definition) is 2. The third-order valence-corrected chi connectivity index (χ3v) is 4.60. The summed E-state index contributed by atoms with van der Waals surface area (Å²) in [7, 11) is 0. The van der Waals surface area contributed by atoms with E-state index in [0.29, 0.717) is 29.6 Å². The zero-order valence-corrected chi connectivity index (χ0v) is 9.47. The summed E-state index contributed by atoms with van der Waals surface area (Å²) in [4.78, 5) is 14.1. The molecule has 3 aliphatic heterocycles. The van der Waals surface area contributed by atoms with Crippen molar-refractivity contribution in [1.82, 2.24) is 25.6 Å². The number of fused-ring (bicyclic) bond motifs is 5. The minimum absolute atomic E-state index is 0.0452. The molecule has 2 N–H and O–H groups in total. The molecule has 0 aromatic carbocycles. The van der Waals surface area contributed by atoms with Crippen molar-refractivity contribution < 1.29 is 4.79 Å². The van der Waals surface area contributed by atoms with Gasteiger partial charge in [-0.1, -0.05) is 5.21 Å². The van der Waals surface area contributed by atoms with Gasteiger partial charge in [0.15, 0.2) is 0 Å². The van der Waals surface area contributed by atoms with Gasteiger partial charge in [0.05, 0.1) is 6.20 Å². The predicted molar refractivity (Wildman–Crippen MR) is 59.2 cm³/mol. The van der Waals surface area contributed by atoms with Gasteiger partial charge in [0.25, 0.3) is 5.91 Å². The number of amides is 1. The Morgan fingerprint density at radius 1 is 1.29 bits per heavy atom. The molecule has 1 amide bonds. The van der Waals surface area contributed by atoms with Crippen LogP contribution in [0.25, 0.3) is 0 Å². The van der Waals surface area contributed by atoms with Crippen molar-refractivity contribution in [1.29, 1.82) is 0 Å². The Labute approximate surface area is 98.8 Å². The van der Waals surface area contributed by atoms with Gasteiger partial charge >= 0.3 is 0 Å². The lowest BCUT2D eigenvalue weighted by molar-refractivity contribution is 0.0773. The number of likely N-dealkylation sites (tertiary alicyclic amines) is 1. The summed E-state index contributed by atoms with van der Waals surface area (Å²) in [5.74, 6) is 1.37. The van der Waals surface area contributed by atoms with E-state index in [0.717, 1.165) is 13.1 Å². The van der Waals surface area contributed by atoms with E-state index < -0.39 is 0 Å². The first-order chi connectivity index (χ1) is 8.33. The molecule has 0 radical (unpaired) electrons. The number of nitrogens with zero attached hydrogens (tertiary/aromatic N) is 3. The highest BCUT2D eigenvalue weighted by Crippen LogP contribution is 2.43. The van der Waals surface area contributed by atoms with Crippen molar-refractivity contribution >= 4 is 5.91 Å². The average Bonchev–Trinajstić information content (AvgIpc) is 3.10. The molecule has 6 heteroatoms. The fraction of sp³-hybridized carbons (Fsp3) is 0.727. The second kappa shape index (κ2) is 3.29. The second-order valence-electron chi connectivity index (χ2n) is 5.36. The second-order valence-corrected chi connectivity index (χ2v) is 5.36. The van der Waals surface area contributed by atoms with Gasteiger partial charge in [-0.2, -0.15) is 0 Å². The molecule has 90 valence electrons. The van der Waals surface area contributed by atoms with Crippen molar-refractivity contribution in [3.63, 3.8) is 0 Å². The molecule has 4 rings (SSSR count). The first-order valence-corrected chi connectivity index (χ1v) is 6.24. The highest BCUT2D eigenvalue weighted by atomic mass is 16.2. The monoisotopic (exact) mass is 233 g/mol. The summed E-state index contributed by atoms with van der Waals surface area (Å²) in [5, 5.41) is 13.6. The van der Waals surface area contributed by atoms with Crippen LogP contribution in [0.5, 0.6) is 0 Å².